The van der Waals surface area contributed by atoms with E-state index in [9.17, 15) is 4.79 Å². The summed E-state index contributed by atoms with van der Waals surface area (Å²) in [6.45, 7) is 6.39. The van der Waals surface area contributed by atoms with E-state index in [0.29, 0.717) is 19.6 Å². The second kappa shape index (κ2) is 8.83. The number of benzene rings is 1. The molecule has 0 radical (unpaired) electrons. The smallest absolute Gasteiger partial charge is 0.234 e. The quantitative estimate of drug-likeness (QED) is 0.646. The number of carbonyl (C=O) groups excluding carboxylic acids is 1. The summed E-state index contributed by atoms with van der Waals surface area (Å²) in [6.07, 6.45) is 1.67. The van der Waals surface area contributed by atoms with Crippen molar-refractivity contribution in [3.63, 3.8) is 0 Å². The Morgan fingerprint density at radius 1 is 1.08 bits per heavy atom. The Hall–Kier alpha value is -2.37. The Morgan fingerprint density at radius 2 is 1.92 bits per heavy atom. The molecule has 2 aromatic heterocycles. The zero-order chi connectivity index (χ0) is 18.4. The number of furan rings is 1. The van der Waals surface area contributed by atoms with Crippen LogP contribution in [0, 0.1) is 13.8 Å². The van der Waals surface area contributed by atoms with Gasteiger partial charge in [0.2, 0.25) is 5.91 Å². The van der Waals surface area contributed by atoms with Gasteiger partial charge in [-0.05, 0) is 49.2 Å². The lowest BCUT2D eigenvalue weighted by Gasteiger charge is -2.20. The van der Waals surface area contributed by atoms with Crippen LogP contribution in [-0.4, -0.2) is 17.4 Å². The van der Waals surface area contributed by atoms with Crippen LogP contribution in [0.15, 0.2) is 59.2 Å². The maximum absolute atomic E-state index is 12.5. The van der Waals surface area contributed by atoms with E-state index in [0.717, 1.165) is 17.9 Å². The molecule has 4 nitrogen and oxygen atoms in total. The molecule has 2 heterocycles. The molecule has 0 spiro atoms. The Kier molecular flexibility index (Phi) is 6.26. The fraction of sp³-hybridized carbons (Fsp3) is 0.286. The van der Waals surface area contributed by atoms with Gasteiger partial charge in [-0.2, -0.15) is 0 Å². The summed E-state index contributed by atoms with van der Waals surface area (Å²) in [5.41, 5.74) is 2.33. The van der Waals surface area contributed by atoms with Crippen LogP contribution in [0.5, 0.6) is 0 Å². The first-order chi connectivity index (χ1) is 12.6. The van der Waals surface area contributed by atoms with Crippen molar-refractivity contribution in [3.8, 4) is 0 Å². The summed E-state index contributed by atoms with van der Waals surface area (Å²) in [7, 11) is 0. The van der Waals surface area contributed by atoms with Gasteiger partial charge in [0.1, 0.15) is 5.76 Å². The summed E-state index contributed by atoms with van der Waals surface area (Å²) in [5.74, 6) is 0.887. The topological polar surface area (TPSA) is 45.5 Å². The number of thiophene rings is 1. The van der Waals surface area contributed by atoms with Gasteiger partial charge in [0, 0.05) is 22.8 Å². The molecule has 0 aliphatic heterocycles. The van der Waals surface area contributed by atoms with E-state index in [4.69, 9.17) is 4.42 Å². The molecule has 26 heavy (non-hydrogen) atoms. The number of nitrogens with one attached hydrogen (secondary N) is 1. The molecular formula is C21H24N2O2S. The molecule has 0 atom stereocenters. The van der Waals surface area contributed by atoms with Crippen molar-refractivity contribution < 1.29 is 9.21 Å². The number of carbonyl (C=O) groups is 1. The average Bonchev–Trinajstić information content (AvgIpc) is 3.26. The minimum atomic E-state index is 0.0214. The number of amides is 1. The van der Waals surface area contributed by atoms with E-state index in [1.807, 2.05) is 30.3 Å². The Morgan fingerprint density at radius 3 is 2.62 bits per heavy atom. The number of aryl methyl sites for hydroxylation is 2. The molecular weight excluding hydrogens is 344 g/mol. The highest BCUT2D eigenvalue weighted by Gasteiger charge is 2.14. The van der Waals surface area contributed by atoms with Crippen LogP contribution in [0.4, 0.5) is 0 Å². The first-order valence-electron chi connectivity index (χ1n) is 8.71. The van der Waals surface area contributed by atoms with Crippen molar-refractivity contribution in [3.05, 3.63) is 81.4 Å². The highest BCUT2D eigenvalue weighted by atomic mass is 32.1. The van der Waals surface area contributed by atoms with Crippen LogP contribution in [0.1, 0.15) is 26.6 Å². The number of rotatable bonds is 8. The Bertz CT molecular complexity index is 839. The summed E-state index contributed by atoms with van der Waals surface area (Å²) in [5, 5.41) is 3.03. The summed E-state index contributed by atoms with van der Waals surface area (Å²) in [4.78, 5) is 17.1. The molecule has 0 aliphatic rings. The average molecular weight is 369 g/mol. The highest BCUT2D eigenvalue weighted by Crippen LogP contribution is 2.18. The number of hydrogen-bond acceptors (Lipinski definition) is 4. The highest BCUT2D eigenvalue weighted by molar-refractivity contribution is 7.11. The van der Waals surface area contributed by atoms with Crippen molar-refractivity contribution in [2.24, 2.45) is 0 Å². The van der Waals surface area contributed by atoms with E-state index in [-0.39, 0.29) is 5.91 Å². The fourth-order valence-electron chi connectivity index (χ4n) is 2.84. The van der Waals surface area contributed by atoms with E-state index in [1.165, 1.54) is 15.3 Å². The molecule has 0 fully saturated rings. The lowest BCUT2D eigenvalue weighted by molar-refractivity contribution is -0.122. The molecule has 5 heteroatoms. The van der Waals surface area contributed by atoms with E-state index in [2.05, 4.69) is 42.3 Å². The molecule has 3 aromatic rings. The second-order valence-electron chi connectivity index (χ2n) is 6.44. The fourth-order valence-corrected chi connectivity index (χ4v) is 3.78. The van der Waals surface area contributed by atoms with Crippen molar-refractivity contribution in [2.75, 3.05) is 6.54 Å². The van der Waals surface area contributed by atoms with Gasteiger partial charge in [-0.1, -0.05) is 24.3 Å². The first kappa shape index (κ1) is 18.4. The van der Waals surface area contributed by atoms with Crippen molar-refractivity contribution in [1.82, 2.24) is 10.2 Å². The number of hydrogen-bond donors (Lipinski definition) is 1. The molecule has 0 aliphatic carbocycles. The monoisotopic (exact) mass is 368 g/mol. The van der Waals surface area contributed by atoms with Crippen LogP contribution in [-0.2, 0) is 24.4 Å². The maximum atomic E-state index is 12.5. The molecule has 136 valence electrons. The van der Waals surface area contributed by atoms with Gasteiger partial charge in [0.05, 0.1) is 19.4 Å². The lowest BCUT2D eigenvalue weighted by Crippen LogP contribution is -2.36. The second-order valence-corrected chi connectivity index (χ2v) is 7.81. The normalized spacial score (nSPS) is 11.0. The molecule has 0 bridgehead atoms. The summed E-state index contributed by atoms with van der Waals surface area (Å²) >= 11 is 1.76. The van der Waals surface area contributed by atoms with Crippen LogP contribution >= 0.6 is 11.3 Å². The van der Waals surface area contributed by atoms with Crippen LogP contribution < -0.4 is 5.32 Å². The first-order valence-corrected chi connectivity index (χ1v) is 9.53. The van der Waals surface area contributed by atoms with Gasteiger partial charge in [-0.25, -0.2) is 0 Å². The van der Waals surface area contributed by atoms with Gasteiger partial charge < -0.3 is 9.73 Å². The Labute approximate surface area is 158 Å². The molecule has 0 unspecified atom stereocenters. The zero-order valence-corrected chi connectivity index (χ0v) is 16.0. The standard InChI is InChI=1S/C21H24N2O2S/c1-16-6-3-4-7-18(16)12-22-21(24)15-23(13-19-8-5-11-25-19)14-20-10-9-17(2)26-20/h3-11H,12-15H2,1-2H3,(H,22,24). The molecule has 1 aromatic carbocycles. The third kappa shape index (κ3) is 5.31. The Balaban J connectivity index is 1.60. The van der Waals surface area contributed by atoms with E-state index >= 15 is 0 Å². The third-order valence-corrected chi connectivity index (χ3v) is 5.22. The zero-order valence-electron chi connectivity index (χ0n) is 15.2. The van der Waals surface area contributed by atoms with Crippen LogP contribution in [0.3, 0.4) is 0 Å². The van der Waals surface area contributed by atoms with Gasteiger partial charge in [-0.3, -0.25) is 9.69 Å². The van der Waals surface area contributed by atoms with Crippen molar-refractivity contribution >= 4 is 17.2 Å². The van der Waals surface area contributed by atoms with E-state index < -0.39 is 0 Å². The van der Waals surface area contributed by atoms with E-state index in [1.54, 1.807) is 17.6 Å². The predicted molar refractivity (Wildman–Crippen MR) is 105 cm³/mol. The molecule has 3 rings (SSSR count). The lowest BCUT2D eigenvalue weighted by atomic mass is 10.1. The van der Waals surface area contributed by atoms with Crippen molar-refractivity contribution in [2.45, 2.75) is 33.5 Å². The molecule has 1 N–H and O–H groups in total. The SMILES string of the molecule is Cc1ccc(CN(CC(=O)NCc2ccccc2C)Cc2ccco2)s1. The largest absolute Gasteiger partial charge is 0.468 e. The predicted octanol–water partition coefficient (Wildman–Crippen LogP) is 4.28. The molecule has 0 saturated carbocycles. The van der Waals surface area contributed by atoms with Crippen LogP contribution in [0.25, 0.3) is 0 Å². The van der Waals surface area contributed by atoms with Gasteiger partial charge in [0.15, 0.2) is 0 Å². The number of nitrogens with zero attached hydrogens (tertiary/aromatic N) is 1. The van der Waals surface area contributed by atoms with Crippen molar-refractivity contribution in [1.29, 1.82) is 0 Å². The van der Waals surface area contributed by atoms with Gasteiger partial charge in [0.25, 0.3) is 0 Å². The third-order valence-electron chi connectivity index (χ3n) is 4.24. The maximum Gasteiger partial charge on any atom is 0.234 e. The minimum absolute atomic E-state index is 0.0214. The molecule has 0 saturated heterocycles. The van der Waals surface area contributed by atoms with Gasteiger partial charge in [-0.15, -0.1) is 11.3 Å². The minimum Gasteiger partial charge on any atom is -0.468 e. The summed E-state index contributed by atoms with van der Waals surface area (Å²) in [6, 6.07) is 16.2. The van der Waals surface area contributed by atoms with Gasteiger partial charge >= 0.3 is 0 Å². The summed E-state index contributed by atoms with van der Waals surface area (Å²) < 4.78 is 5.46. The van der Waals surface area contributed by atoms with Crippen LogP contribution in [0.2, 0.25) is 0 Å². The molecule has 1 amide bonds.